The first-order valence-electron chi connectivity index (χ1n) is 13.3. The second-order valence-corrected chi connectivity index (χ2v) is 12.9. The minimum Gasteiger partial charge on any atom is -0.478 e. The van der Waals surface area contributed by atoms with Crippen molar-refractivity contribution >= 4 is 33.5 Å². The molecule has 1 aromatic carbocycles. The van der Waals surface area contributed by atoms with E-state index < -0.39 is 22.0 Å². The molecule has 210 valence electrons. The van der Waals surface area contributed by atoms with Gasteiger partial charge in [0.25, 0.3) is 0 Å². The molecule has 1 aliphatic carbocycles. The SMILES string of the molecule is C[C@H](N)[C@H]1CC[C@H](C(=O)N2C[C@@H](N3CCN(S(C)(=O)=O)CC3)C[C@H]2C(=O)Nc2ccc(C(=O)O)cc2)CC1. The van der Waals surface area contributed by atoms with Crippen molar-refractivity contribution in [1.29, 1.82) is 0 Å². The Morgan fingerprint density at radius 1 is 1.03 bits per heavy atom. The molecule has 2 amide bonds. The van der Waals surface area contributed by atoms with Crippen molar-refractivity contribution in [2.45, 2.75) is 57.2 Å². The van der Waals surface area contributed by atoms with Crippen LogP contribution >= 0.6 is 0 Å². The molecule has 4 rings (SSSR count). The molecule has 0 radical (unpaired) electrons. The van der Waals surface area contributed by atoms with Gasteiger partial charge in [0.15, 0.2) is 0 Å². The van der Waals surface area contributed by atoms with Crippen LogP contribution in [0, 0.1) is 11.8 Å². The lowest BCUT2D eigenvalue weighted by atomic mass is 9.78. The Hall–Kier alpha value is -2.54. The smallest absolute Gasteiger partial charge is 0.335 e. The van der Waals surface area contributed by atoms with Gasteiger partial charge in [-0.25, -0.2) is 13.2 Å². The number of piperazine rings is 1. The number of anilines is 1. The number of carboxylic acid groups (broad SMARTS) is 1. The minimum absolute atomic E-state index is 0.00762. The first kappa shape index (κ1) is 28.5. The van der Waals surface area contributed by atoms with Crippen molar-refractivity contribution in [1.82, 2.24) is 14.1 Å². The number of nitrogens with zero attached hydrogens (tertiary/aromatic N) is 3. The van der Waals surface area contributed by atoms with E-state index >= 15 is 0 Å². The lowest BCUT2D eigenvalue weighted by Gasteiger charge is -2.37. The number of carbonyl (C=O) groups is 3. The predicted molar refractivity (Wildman–Crippen MR) is 143 cm³/mol. The Kier molecular flexibility index (Phi) is 8.75. The summed E-state index contributed by atoms with van der Waals surface area (Å²) in [5, 5.41) is 12.0. The molecule has 0 unspecified atom stereocenters. The standard InChI is InChI=1S/C26H39N5O6S/c1-17(27)18-3-5-19(6-4-18)25(33)31-16-22(29-11-13-30(14-12-29)38(2,36)37)15-23(31)24(32)28-21-9-7-20(8-10-21)26(34)35/h7-10,17-19,22-23H,3-6,11-16,27H2,1-2H3,(H,28,32)(H,34,35)/t17-,18-,19-,22-,23-/m0/s1. The van der Waals surface area contributed by atoms with Gasteiger partial charge in [0.05, 0.1) is 11.8 Å². The number of hydrogen-bond acceptors (Lipinski definition) is 7. The molecule has 2 saturated heterocycles. The van der Waals surface area contributed by atoms with Crippen LogP contribution in [0.5, 0.6) is 0 Å². The number of sulfonamides is 1. The number of nitrogens with two attached hydrogens (primary N) is 1. The Morgan fingerprint density at radius 2 is 1.63 bits per heavy atom. The van der Waals surface area contributed by atoms with Crippen LogP contribution in [-0.4, -0.2) is 103 Å². The third-order valence-corrected chi connectivity index (χ3v) is 9.69. The van der Waals surface area contributed by atoms with E-state index in [1.165, 1.54) is 22.7 Å². The van der Waals surface area contributed by atoms with Crippen molar-refractivity contribution in [2.75, 3.05) is 44.3 Å². The van der Waals surface area contributed by atoms with Gasteiger partial charge in [-0.05, 0) is 69.2 Å². The van der Waals surface area contributed by atoms with Crippen molar-refractivity contribution in [3.63, 3.8) is 0 Å². The maximum atomic E-state index is 13.7. The molecule has 4 N–H and O–H groups in total. The van der Waals surface area contributed by atoms with E-state index in [9.17, 15) is 22.8 Å². The molecule has 3 atom stereocenters. The summed E-state index contributed by atoms with van der Waals surface area (Å²) in [5.41, 5.74) is 6.67. The van der Waals surface area contributed by atoms with Gasteiger partial charge in [-0.15, -0.1) is 0 Å². The minimum atomic E-state index is -3.26. The van der Waals surface area contributed by atoms with Crippen LogP contribution in [0.2, 0.25) is 0 Å². The van der Waals surface area contributed by atoms with Gasteiger partial charge in [0.2, 0.25) is 21.8 Å². The zero-order valence-corrected chi connectivity index (χ0v) is 22.9. The lowest BCUT2D eigenvalue weighted by molar-refractivity contribution is -0.141. The fourth-order valence-corrected chi connectivity index (χ4v) is 6.85. The van der Waals surface area contributed by atoms with Gasteiger partial charge in [-0.1, -0.05) is 0 Å². The molecule has 1 aromatic rings. The number of aromatic carboxylic acids is 1. The van der Waals surface area contributed by atoms with Crippen LogP contribution < -0.4 is 11.1 Å². The van der Waals surface area contributed by atoms with Gasteiger partial charge in [-0.3, -0.25) is 14.5 Å². The third-order valence-electron chi connectivity index (χ3n) is 8.39. The van der Waals surface area contributed by atoms with Gasteiger partial charge < -0.3 is 21.1 Å². The molecule has 3 fully saturated rings. The maximum Gasteiger partial charge on any atom is 0.335 e. The average molecular weight is 550 g/mol. The van der Waals surface area contributed by atoms with Gasteiger partial charge >= 0.3 is 5.97 Å². The summed E-state index contributed by atoms with van der Waals surface area (Å²) in [6, 6.07) is 5.32. The van der Waals surface area contributed by atoms with Crippen molar-refractivity contribution in [3.05, 3.63) is 29.8 Å². The molecule has 0 bridgehead atoms. The molecular weight excluding hydrogens is 510 g/mol. The Labute approximate surface area is 224 Å². The van der Waals surface area contributed by atoms with Crippen LogP contribution in [0.25, 0.3) is 0 Å². The molecule has 12 heteroatoms. The normalized spacial score (nSPS) is 28.1. The van der Waals surface area contributed by atoms with Gasteiger partial charge in [0, 0.05) is 56.4 Å². The van der Waals surface area contributed by atoms with Crippen LogP contribution in [0.4, 0.5) is 5.69 Å². The Bertz CT molecular complexity index is 1130. The first-order valence-corrected chi connectivity index (χ1v) is 15.2. The topological polar surface area (TPSA) is 153 Å². The molecule has 0 spiro atoms. The van der Waals surface area contributed by atoms with E-state index in [0.717, 1.165) is 25.7 Å². The quantitative estimate of drug-likeness (QED) is 0.456. The van der Waals surface area contributed by atoms with Crippen molar-refractivity contribution in [3.8, 4) is 0 Å². The Morgan fingerprint density at radius 3 is 2.16 bits per heavy atom. The fourth-order valence-electron chi connectivity index (χ4n) is 6.02. The lowest BCUT2D eigenvalue weighted by Crippen LogP contribution is -2.52. The highest BCUT2D eigenvalue weighted by Gasteiger charge is 2.44. The van der Waals surface area contributed by atoms with Crippen LogP contribution in [0.3, 0.4) is 0 Å². The highest BCUT2D eigenvalue weighted by Crippen LogP contribution is 2.34. The maximum absolute atomic E-state index is 13.7. The fraction of sp³-hybridized carbons (Fsp3) is 0.654. The van der Waals surface area contributed by atoms with E-state index in [1.54, 1.807) is 17.0 Å². The number of carbonyl (C=O) groups excluding carboxylic acids is 2. The molecule has 38 heavy (non-hydrogen) atoms. The van der Waals surface area contributed by atoms with E-state index in [0.29, 0.717) is 50.7 Å². The van der Waals surface area contributed by atoms with Crippen LogP contribution in [0.1, 0.15) is 49.4 Å². The van der Waals surface area contributed by atoms with E-state index in [1.807, 2.05) is 6.92 Å². The van der Waals surface area contributed by atoms with Crippen LogP contribution in [-0.2, 0) is 19.6 Å². The number of likely N-dealkylation sites (tertiary alicyclic amines) is 1. The molecule has 0 aromatic heterocycles. The zero-order chi connectivity index (χ0) is 27.6. The van der Waals surface area contributed by atoms with Crippen molar-refractivity contribution in [2.24, 2.45) is 17.6 Å². The predicted octanol–water partition coefficient (Wildman–Crippen LogP) is 1.02. The number of nitrogens with one attached hydrogen (secondary N) is 1. The van der Waals surface area contributed by atoms with Crippen LogP contribution in [0.15, 0.2) is 24.3 Å². The summed E-state index contributed by atoms with van der Waals surface area (Å²) in [4.78, 5) is 42.2. The summed E-state index contributed by atoms with van der Waals surface area (Å²) < 4.78 is 25.3. The summed E-state index contributed by atoms with van der Waals surface area (Å²) in [6.45, 7) is 4.29. The zero-order valence-electron chi connectivity index (χ0n) is 22.1. The van der Waals surface area contributed by atoms with E-state index in [4.69, 9.17) is 10.8 Å². The number of amides is 2. The second-order valence-electron chi connectivity index (χ2n) is 10.9. The number of carboxylic acids is 1. The number of benzene rings is 1. The van der Waals surface area contributed by atoms with Crippen molar-refractivity contribution < 1.29 is 27.9 Å². The highest BCUT2D eigenvalue weighted by atomic mass is 32.2. The summed E-state index contributed by atoms with van der Waals surface area (Å²) in [7, 11) is -3.26. The van der Waals surface area contributed by atoms with Gasteiger partial charge in [0.1, 0.15) is 6.04 Å². The molecular formula is C26H39N5O6S. The molecule has 3 aliphatic rings. The molecule has 2 aliphatic heterocycles. The average Bonchev–Trinajstić information content (AvgIpc) is 3.34. The Balaban J connectivity index is 1.47. The van der Waals surface area contributed by atoms with E-state index in [2.05, 4.69) is 10.2 Å². The molecule has 2 heterocycles. The largest absolute Gasteiger partial charge is 0.478 e. The molecule has 1 saturated carbocycles. The van der Waals surface area contributed by atoms with E-state index in [-0.39, 0.29) is 35.4 Å². The summed E-state index contributed by atoms with van der Waals surface area (Å²) >= 11 is 0. The second kappa shape index (κ2) is 11.7. The number of hydrogen-bond donors (Lipinski definition) is 3. The first-order chi connectivity index (χ1) is 17.9. The highest BCUT2D eigenvalue weighted by molar-refractivity contribution is 7.88. The summed E-state index contributed by atoms with van der Waals surface area (Å²) in [6.07, 6.45) is 4.96. The monoisotopic (exact) mass is 549 g/mol. The molecule has 11 nitrogen and oxygen atoms in total. The summed E-state index contributed by atoms with van der Waals surface area (Å²) in [5.74, 6) is -1.09. The number of rotatable bonds is 7. The van der Waals surface area contributed by atoms with Gasteiger partial charge in [-0.2, -0.15) is 4.31 Å². The third kappa shape index (κ3) is 6.53.